The molecule has 0 bridgehead atoms. The molecule has 1 unspecified atom stereocenters. The highest BCUT2D eigenvalue weighted by Gasteiger charge is 2.30. The van der Waals surface area contributed by atoms with E-state index in [2.05, 4.69) is 39.3 Å². The molecule has 2 aliphatic heterocycles. The molecule has 6 nitrogen and oxygen atoms in total. The topological polar surface area (TPSA) is 46.1 Å². The van der Waals surface area contributed by atoms with Gasteiger partial charge in [0.15, 0.2) is 5.96 Å². The summed E-state index contributed by atoms with van der Waals surface area (Å²) in [5.74, 6) is 1.01. The Kier molecular flexibility index (Phi) is 8.02. The van der Waals surface area contributed by atoms with Gasteiger partial charge in [0.2, 0.25) is 0 Å². The van der Waals surface area contributed by atoms with E-state index in [1.165, 1.54) is 77.8 Å². The van der Waals surface area contributed by atoms with Crippen LogP contribution in [0.4, 0.5) is 0 Å². The van der Waals surface area contributed by atoms with Gasteiger partial charge in [0.1, 0.15) is 0 Å². The Morgan fingerprint density at radius 1 is 1.00 bits per heavy atom. The molecule has 26 heavy (non-hydrogen) atoms. The molecular formula is C20H40N6. The smallest absolute Gasteiger partial charge is 0.191 e. The lowest BCUT2D eigenvalue weighted by molar-refractivity contribution is 0.242. The van der Waals surface area contributed by atoms with Gasteiger partial charge in [0, 0.05) is 51.4 Å². The van der Waals surface area contributed by atoms with E-state index in [1.807, 2.05) is 0 Å². The molecule has 0 aromatic heterocycles. The van der Waals surface area contributed by atoms with Gasteiger partial charge in [-0.3, -0.25) is 9.89 Å². The first kappa shape index (κ1) is 19.9. The molecule has 0 aromatic rings. The number of rotatable bonds is 6. The van der Waals surface area contributed by atoms with E-state index in [-0.39, 0.29) is 0 Å². The molecule has 150 valence electrons. The lowest BCUT2D eigenvalue weighted by Crippen LogP contribution is -2.45. The third kappa shape index (κ3) is 6.10. The van der Waals surface area contributed by atoms with Gasteiger partial charge in [-0.1, -0.05) is 12.8 Å². The van der Waals surface area contributed by atoms with Crippen molar-refractivity contribution in [3.05, 3.63) is 0 Å². The molecule has 0 spiro atoms. The first-order chi connectivity index (χ1) is 12.7. The van der Waals surface area contributed by atoms with Crippen molar-refractivity contribution in [1.82, 2.24) is 25.3 Å². The minimum Gasteiger partial charge on any atom is -0.357 e. The number of hydrogen-bond acceptors (Lipinski definition) is 4. The zero-order chi connectivity index (χ0) is 18.2. The summed E-state index contributed by atoms with van der Waals surface area (Å²) in [5.41, 5.74) is 0. The number of nitrogens with one attached hydrogen (secondary N) is 2. The maximum atomic E-state index is 4.86. The maximum Gasteiger partial charge on any atom is 0.191 e. The average Bonchev–Trinajstić information content (AvgIpc) is 3.27. The van der Waals surface area contributed by atoms with E-state index >= 15 is 0 Å². The largest absolute Gasteiger partial charge is 0.357 e. The van der Waals surface area contributed by atoms with Crippen LogP contribution in [0.25, 0.3) is 0 Å². The minimum atomic E-state index is 0.556. The number of hydrogen-bond donors (Lipinski definition) is 2. The van der Waals surface area contributed by atoms with E-state index < -0.39 is 0 Å². The summed E-state index contributed by atoms with van der Waals surface area (Å²) < 4.78 is 0. The Hall–Kier alpha value is -0.850. The molecule has 0 aromatic carbocycles. The Bertz CT molecular complexity index is 434. The Labute approximate surface area is 160 Å². The first-order valence-electron chi connectivity index (χ1n) is 10.9. The van der Waals surface area contributed by atoms with Gasteiger partial charge in [0.05, 0.1) is 6.54 Å². The van der Waals surface area contributed by atoms with E-state index in [9.17, 15) is 0 Å². The van der Waals surface area contributed by atoms with Crippen molar-refractivity contribution in [2.45, 2.75) is 57.5 Å². The predicted molar refractivity (Wildman–Crippen MR) is 110 cm³/mol. The zero-order valence-corrected chi connectivity index (χ0v) is 17.1. The molecule has 1 saturated carbocycles. The van der Waals surface area contributed by atoms with Gasteiger partial charge < -0.3 is 20.4 Å². The lowest BCUT2D eigenvalue weighted by Gasteiger charge is -2.24. The number of likely N-dealkylation sites (N-methyl/N-ethyl adjacent to an activating group) is 1. The molecule has 2 saturated heterocycles. The first-order valence-corrected chi connectivity index (χ1v) is 10.9. The van der Waals surface area contributed by atoms with Crippen LogP contribution in [0, 0.1) is 0 Å². The third-order valence-electron chi connectivity index (χ3n) is 6.24. The van der Waals surface area contributed by atoms with Crippen LogP contribution in [0.1, 0.15) is 45.4 Å². The second-order valence-corrected chi connectivity index (χ2v) is 8.32. The second kappa shape index (κ2) is 10.5. The Morgan fingerprint density at radius 3 is 2.65 bits per heavy atom. The van der Waals surface area contributed by atoms with Crippen LogP contribution in [-0.2, 0) is 0 Å². The standard InChI is InChI=1S/C20H40N6/c1-3-21-20(22-10-14-25-12-6-11-24(2)15-16-25)23-18-9-13-26(17-18)19-7-4-5-8-19/h18-19H,3-17H2,1-2H3,(H2,21,22,23). The fraction of sp³-hybridized carbons (Fsp3) is 0.950. The van der Waals surface area contributed by atoms with E-state index in [4.69, 9.17) is 4.99 Å². The molecule has 1 atom stereocenters. The van der Waals surface area contributed by atoms with Gasteiger partial charge in [0.25, 0.3) is 0 Å². The second-order valence-electron chi connectivity index (χ2n) is 8.32. The predicted octanol–water partition coefficient (Wildman–Crippen LogP) is 1.20. The fourth-order valence-corrected chi connectivity index (χ4v) is 4.65. The summed E-state index contributed by atoms with van der Waals surface area (Å²) in [6, 6.07) is 1.41. The number of aliphatic imine (C=N–C) groups is 1. The van der Waals surface area contributed by atoms with Crippen LogP contribution in [0.5, 0.6) is 0 Å². The Morgan fingerprint density at radius 2 is 1.85 bits per heavy atom. The maximum absolute atomic E-state index is 4.86. The fourth-order valence-electron chi connectivity index (χ4n) is 4.65. The van der Waals surface area contributed by atoms with E-state index in [1.54, 1.807) is 0 Å². The SMILES string of the molecule is CCNC(=NCCN1CCCN(C)CC1)NC1CCN(C2CCCC2)C1. The Balaban J connectivity index is 1.42. The molecule has 3 aliphatic rings. The van der Waals surface area contributed by atoms with Gasteiger partial charge in [-0.15, -0.1) is 0 Å². The van der Waals surface area contributed by atoms with Crippen molar-refractivity contribution in [2.24, 2.45) is 4.99 Å². The van der Waals surface area contributed by atoms with Crippen molar-refractivity contribution < 1.29 is 0 Å². The van der Waals surface area contributed by atoms with Crippen LogP contribution in [-0.4, -0.2) is 98.7 Å². The van der Waals surface area contributed by atoms with Crippen LogP contribution in [0.2, 0.25) is 0 Å². The van der Waals surface area contributed by atoms with Crippen LogP contribution >= 0.6 is 0 Å². The van der Waals surface area contributed by atoms with Crippen molar-refractivity contribution in [3.8, 4) is 0 Å². The molecule has 2 N–H and O–H groups in total. The molecule has 0 radical (unpaired) electrons. The quantitative estimate of drug-likeness (QED) is 0.548. The molecular weight excluding hydrogens is 324 g/mol. The molecule has 2 heterocycles. The summed E-state index contributed by atoms with van der Waals surface area (Å²) in [7, 11) is 2.23. The normalized spacial score (nSPS) is 27.8. The van der Waals surface area contributed by atoms with E-state index in [0.29, 0.717) is 6.04 Å². The van der Waals surface area contributed by atoms with Crippen molar-refractivity contribution in [3.63, 3.8) is 0 Å². The summed E-state index contributed by atoms with van der Waals surface area (Å²) in [4.78, 5) is 12.6. The highest BCUT2D eigenvalue weighted by molar-refractivity contribution is 5.80. The van der Waals surface area contributed by atoms with Crippen LogP contribution in [0.15, 0.2) is 4.99 Å². The molecule has 0 amide bonds. The van der Waals surface area contributed by atoms with Gasteiger partial charge in [-0.2, -0.15) is 0 Å². The summed E-state index contributed by atoms with van der Waals surface area (Å²) >= 11 is 0. The van der Waals surface area contributed by atoms with Crippen molar-refractivity contribution in [1.29, 1.82) is 0 Å². The summed E-state index contributed by atoms with van der Waals surface area (Å²) in [6.07, 6.45) is 8.19. The van der Waals surface area contributed by atoms with Gasteiger partial charge in [-0.25, -0.2) is 0 Å². The van der Waals surface area contributed by atoms with Crippen LogP contribution < -0.4 is 10.6 Å². The van der Waals surface area contributed by atoms with Crippen LogP contribution in [0.3, 0.4) is 0 Å². The molecule has 6 heteroatoms. The minimum absolute atomic E-state index is 0.556. The average molecular weight is 365 g/mol. The number of nitrogens with zero attached hydrogens (tertiary/aromatic N) is 4. The highest BCUT2D eigenvalue weighted by Crippen LogP contribution is 2.26. The molecule has 3 rings (SSSR count). The van der Waals surface area contributed by atoms with E-state index in [0.717, 1.165) is 31.6 Å². The van der Waals surface area contributed by atoms with Gasteiger partial charge >= 0.3 is 0 Å². The number of likely N-dealkylation sites (tertiary alicyclic amines) is 1. The summed E-state index contributed by atoms with van der Waals surface area (Å²) in [6.45, 7) is 12.3. The zero-order valence-electron chi connectivity index (χ0n) is 17.1. The lowest BCUT2D eigenvalue weighted by atomic mass is 10.2. The molecule has 3 fully saturated rings. The molecule has 1 aliphatic carbocycles. The van der Waals surface area contributed by atoms with Crippen molar-refractivity contribution in [2.75, 3.05) is 66.0 Å². The summed E-state index contributed by atoms with van der Waals surface area (Å²) in [5, 5.41) is 7.14. The van der Waals surface area contributed by atoms with Gasteiger partial charge in [-0.05, 0) is 52.7 Å². The monoisotopic (exact) mass is 364 g/mol. The van der Waals surface area contributed by atoms with Crippen molar-refractivity contribution >= 4 is 5.96 Å². The highest BCUT2D eigenvalue weighted by atomic mass is 15.3. The third-order valence-corrected chi connectivity index (χ3v) is 6.24. The number of guanidine groups is 1.